The number of ether oxygens (including phenoxy) is 2. The van der Waals surface area contributed by atoms with Crippen LogP contribution < -0.4 is 9.47 Å². The Kier molecular flexibility index (Phi) is 6.05. The van der Waals surface area contributed by atoms with Crippen molar-refractivity contribution in [2.24, 2.45) is 0 Å². The molecule has 0 aliphatic rings. The van der Waals surface area contributed by atoms with Crippen LogP contribution >= 0.6 is 46.4 Å². The number of halogens is 4. The second-order valence-electron chi connectivity index (χ2n) is 5.38. The van der Waals surface area contributed by atoms with E-state index in [0.717, 1.165) is 5.56 Å². The summed E-state index contributed by atoms with van der Waals surface area (Å²) in [5.74, 6) is 1.42. The van der Waals surface area contributed by atoms with E-state index < -0.39 is 0 Å². The molecule has 0 radical (unpaired) electrons. The first kappa shape index (κ1) is 19.0. The molecule has 3 nitrogen and oxygen atoms in total. The molecule has 0 aliphatic carbocycles. The van der Waals surface area contributed by atoms with Gasteiger partial charge in [0.2, 0.25) is 0 Å². The molecule has 7 heteroatoms. The quantitative estimate of drug-likeness (QED) is 0.459. The molecular formula is C19H12Cl4O3. The van der Waals surface area contributed by atoms with E-state index in [0.29, 0.717) is 27.3 Å². The third kappa shape index (κ3) is 4.89. The number of rotatable bonds is 5. The van der Waals surface area contributed by atoms with E-state index in [2.05, 4.69) is 0 Å². The topological polar surface area (TPSA) is 38.7 Å². The van der Waals surface area contributed by atoms with Crippen molar-refractivity contribution in [3.05, 3.63) is 80.3 Å². The Morgan fingerprint density at radius 1 is 0.769 bits per heavy atom. The Hall–Kier alpha value is -1.78. The second kappa shape index (κ2) is 8.28. The molecule has 0 saturated heterocycles. The van der Waals surface area contributed by atoms with Gasteiger partial charge in [-0.15, -0.1) is 0 Å². The van der Waals surface area contributed by atoms with Crippen LogP contribution in [0.2, 0.25) is 20.1 Å². The zero-order valence-corrected chi connectivity index (χ0v) is 16.2. The van der Waals surface area contributed by atoms with Crippen LogP contribution in [0.4, 0.5) is 0 Å². The highest BCUT2D eigenvalue weighted by Crippen LogP contribution is 2.37. The van der Waals surface area contributed by atoms with E-state index >= 15 is 0 Å². The van der Waals surface area contributed by atoms with Crippen molar-refractivity contribution < 1.29 is 14.6 Å². The largest absolute Gasteiger partial charge is 0.508 e. The monoisotopic (exact) mass is 428 g/mol. The summed E-state index contributed by atoms with van der Waals surface area (Å²) in [5, 5.41) is 10.9. The standard InChI is InChI=1S/C19H12Cl4O3/c20-12-5-13(21)7-16(6-12)26-15-3-1-2-11(4-15)10-25-19-17(22)8-14(24)9-18(19)23/h1-9,24H,10H2. The molecule has 3 rings (SSSR count). The molecule has 3 aromatic carbocycles. The molecule has 0 spiro atoms. The predicted molar refractivity (Wildman–Crippen MR) is 105 cm³/mol. The van der Waals surface area contributed by atoms with Gasteiger partial charge in [-0.1, -0.05) is 58.5 Å². The number of benzene rings is 3. The third-order valence-electron chi connectivity index (χ3n) is 3.34. The summed E-state index contributed by atoms with van der Waals surface area (Å²) in [6.07, 6.45) is 0. The van der Waals surface area contributed by atoms with E-state index in [1.807, 2.05) is 18.2 Å². The first-order valence-electron chi connectivity index (χ1n) is 7.44. The normalized spacial score (nSPS) is 10.6. The summed E-state index contributed by atoms with van der Waals surface area (Å²) >= 11 is 24.1. The molecule has 0 bridgehead atoms. The first-order chi connectivity index (χ1) is 12.4. The zero-order chi connectivity index (χ0) is 18.7. The van der Waals surface area contributed by atoms with Crippen LogP contribution in [0.1, 0.15) is 5.56 Å². The lowest BCUT2D eigenvalue weighted by Gasteiger charge is -2.12. The molecule has 0 fully saturated rings. The second-order valence-corrected chi connectivity index (χ2v) is 7.07. The Morgan fingerprint density at radius 2 is 1.42 bits per heavy atom. The minimum atomic E-state index is -0.0251. The smallest absolute Gasteiger partial charge is 0.157 e. The maximum atomic E-state index is 9.46. The van der Waals surface area contributed by atoms with Crippen LogP contribution in [-0.2, 0) is 6.61 Å². The average molecular weight is 430 g/mol. The number of phenols is 1. The molecule has 0 saturated carbocycles. The molecule has 0 unspecified atom stereocenters. The van der Waals surface area contributed by atoms with Crippen LogP contribution in [0.5, 0.6) is 23.0 Å². The summed E-state index contributed by atoms with van der Waals surface area (Å²) in [5.41, 5.74) is 0.843. The molecule has 0 aromatic heterocycles. The number of aromatic hydroxyl groups is 1. The lowest BCUT2D eigenvalue weighted by molar-refractivity contribution is 0.305. The van der Waals surface area contributed by atoms with Crippen molar-refractivity contribution in [3.8, 4) is 23.0 Å². The molecule has 3 aromatic rings. The fourth-order valence-corrected chi connectivity index (χ4v) is 3.35. The van der Waals surface area contributed by atoms with Gasteiger partial charge in [0.25, 0.3) is 0 Å². The maximum Gasteiger partial charge on any atom is 0.157 e. The zero-order valence-electron chi connectivity index (χ0n) is 13.2. The van der Waals surface area contributed by atoms with Gasteiger partial charge in [0, 0.05) is 22.2 Å². The SMILES string of the molecule is Oc1cc(Cl)c(OCc2cccc(Oc3cc(Cl)cc(Cl)c3)c2)c(Cl)c1. The number of hydrogen-bond donors (Lipinski definition) is 1. The summed E-state index contributed by atoms with van der Waals surface area (Å²) in [6.45, 7) is 0.220. The van der Waals surface area contributed by atoms with Crippen LogP contribution in [0.15, 0.2) is 54.6 Å². The fourth-order valence-electron chi connectivity index (χ4n) is 2.26. The summed E-state index contributed by atoms with van der Waals surface area (Å²) in [4.78, 5) is 0. The average Bonchev–Trinajstić information content (AvgIpc) is 2.53. The molecule has 1 N–H and O–H groups in total. The Morgan fingerprint density at radius 3 is 2.08 bits per heavy atom. The van der Waals surface area contributed by atoms with Crippen LogP contribution in [0.25, 0.3) is 0 Å². The van der Waals surface area contributed by atoms with Crippen molar-refractivity contribution in [3.63, 3.8) is 0 Å². The van der Waals surface area contributed by atoms with Gasteiger partial charge in [0.15, 0.2) is 5.75 Å². The maximum absolute atomic E-state index is 9.46. The van der Waals surface area contributed by atoms with Crippen LogP contribution in [-0.4, -0.2) is 5.11 Å². The van der Waals surface area contributed by atoms with E-state index in [4.69, 9.17) is 55.9 Å². The van der Waals surface area contributed by atoms with Gasteiger partial charge < -0.3 is 14.6 Å². The van der Waals surface area contributed by atoms with E-state index in [1.165, 1.54) is 12.1 Å². The van der Waals surface area contributed by atoms with Gasteiger partial charge in [0.05, 0.1) is 10.0 Å². The molecule has 134 valence electrons. The van der Waals surface area contributed by atoms with E-state index in [1.54, 1.807) is 24.3 Å². The van der Waals surface area contributed by atoms with Gasteiger partial charge in [-0.3, -0.25) is 0 Å². The van der Waals surface area contributed by atoms with Crippen molar-refractivity contribution >= 4 is 46.4 Å². The fraction of sp³-hybridized carbons (Fsp3) is 0.0526. The minimum absolute atomic E-state index is 0.0251. The van der Waals surface area contributed by atoms with Gasteiger partial charge in [-0.25, -0.2) is 0 Å². The number of hydrogen-bond acceptors (Lipinski definition) is 3. The molecule has 0 amide bonds. The van der Waals surface area contributed by atoms with Gasteiger partial charge in [-0.2, -0.15) is 0 Å². The molecule has 0 heterocycles. The summed E-state index contributed by atoms with van der Waals surface area (Å²) in [7, 11) is 0. The first-order valence-corrected chi connectivity index (χ1v) is 8.95. The Bertz CT molecular complexity index is 901. The highest BCUT2D eigenvalue weighted by Gasteiger charge is 2.10. The van der Waals surface area contributed by atoms with Crippen molar-refractivity contribution in [1.29, 1.82) is 0 Å². The molecule has 0 aliphatic heterocycles. The lowest BCUT2D eigenvalue weighted by Crippen LogP contribution is -1.97. The molecule has 0 atom stereocenters. The number of phenolic OH excluding ortho intramolecular Hbond substituents is 1. The molecular weight excluding hydrogens is 418 g/mol. The third-order valence-corrected chi connectivity index (χ3v) is 4.33. The van der Waals surface area contributed by atoms with Gasteiger partial charge >= 0.3 is 0 Å². The highest BCUT2D eigenvalue weighted by atomic mass is 35.5. The van der Waals surface area contributed by atoms with Crippen LogP contribution in [0, 0.1) is 0 Å². The molecule has 26 heavy (non-hydrogen) atoms. The van der Waals surface area contributed by atoms with Gasteiger partial charge in [0.1, 0.15) is 23.9 Å². The van der Waals surface area contributed by atoms with E-state index in [-0.39, 0.29) is 22.4 Å². The van der Waals surface area contributed by atoms with Crippen molar-refractivity contribution in [2.45, 2.75) is 6.61 Å². The van der Waals surface area contributed by atoms with Crippen LogP contribution in [0.3, 0.4) is 0 Å². The van der Waals surface area contributed by atoms with Gasteiger partial charge in [-0.05, 0) is 35.9 Å². The lowest BCUT2D eigenvalue weighted by atomic mass is 10.2. The Balaban J connectivity index is 1.74. The highest BCUT2D eigenvalue weighted by molar-refractivity contribution is 6.37. The summed E-state index contributed by atoms with van der Waals surface area (Å²) < 4.78 is 11.5. The van der Waals surface area contributed by atoms with Crippen molar-refractivity contribution in [2.75, 3.05) is 0 Å². The van der Waals surface area contributed by atoms with E-state index in [9.17, 15) is 5.11 Å². The Labute approximate surface area is 170 Å². The summed E-state index contributed by atoms with van der Waals surface area (Å²) in [6, 6.07) is 15.0. The predicted octanol–water partition coefficient (Wildman–Crippen LogP) is 7.38. The minimum Gasteiger partial charge on any atom is -0.508 e. The van der Waals surface area contributed by atoms with Crippen molar-refractivity contribution in [1.82, 2.24) is 0 Å².